The highest BCUT2D eigenvalue weighted by Gasteiger charge is 2.30. The Labute approximate surface area is 202 Å². The van der Waals surface area contributed by atoms with Crippen molar-refractivity contribution in [3.63, 3.8) is 0 Å². The summed E-state index contributed by atoms with van der Waals surface area (Å²) in [5.41, 5.74) is 3.24. The van der Waals surface area contributed by atoms with Crippen molar-refractivity contribution >= 4 is 67.1 Å². The Balaban J connectivity index is 1.65. The van der Waals surface area contributed by atoms with Gasteiger partial charge in [-0.2, -0.15) is 18.3 Å². The molecule has 1 aromatic heterocycles. The molecule has 3 rings (SSSR count). The Morgan fingerprint density at radius 2 is 1.77 bits per heavy atom. The van der Waals surface area contributed by atoms with E-state index in [-0.39, 0.29) is 12.4 Å². The van der Waals surface area contributed by atoms with Gasteiger partial charge in [0.2, 0.25) is 0 Å². The van der Waals surface area contributed by atoms with Gasteiger partial charge in [-0.15, -0.1) is 0 Å². The number of halogens is 7. The Hall–Kier alpha value is -1.81. The highest BCUT2D eigenvalue weighted by Crippen LogP contribution is 2.35. The molecule has 0 atom stereocenters. The maximum Gasteiger partial charge on any atom is 0.417 e. The predicted molar refractivity (Wildman–Crippen MR) is 123 cm³/mol. The van der Waals surface area contributed by atoms with Gasteiger partial charge in [-0.3, -0.25) is 5.43 Å². The Morgan fingerprint density at radius 1 is 1.06 bits per heavy atom. The minimum Gasteiger partial charge on any atom is -0.486 e. The van der Waals surface area contributed by atoms with Gasteiger partial charge in [-0.05, 0) is 73.8 Å². The van der Waals surface area contributed by atoms with Crippen molar-refractivity contribution in [3.05, 3.63) is 84.3 Å². The molecule has 1 N–H and O–H groups in total. The maximum atomic E-state index is 12.6. The van der Waals surface area contributed by atoms with E-state index in [2.05, 4.69) is 47.4 Å². The number of anilines is 1. The first-order valence-electron chi connectivity index (χ1n) is 8.51. The molecule has 0 saturated heterocycles. The van der Waals surface area contributed by atoms with Gasteiger partial charge in [0.1, 0.15) is 18.2 Å². The van der Waals surface area contributed by atoms with E-state index in [1.807, 2.05) is 0 Å². The fraction of sp³-hybridized carbons (Fsp3) is 0.100. The number of nitrogens with zero attached hydrogens (tertiary/aromatic N) is 2. The average Bonchev–Trinajstić information content (AvgIpc) is 2.68. The molecule has 4 nitrogen and oxygen atoms in total. The van der Waals surface area contributed by atoms with Crippen molar-refractivity contribution in [1.29, 1.82) is 0 Å². The normalized spacial score (nSPS) is 11.7. The first-order chi connectivity index (χ1) is 14.6. The van der Waals surface area contributed by atoms with E-state index in [1.54, 1.807) is 30.3 Å². The summed E-state index contributed by atoms with van der Waals surface area (Å²) in [5, 5.41) is 5.05. The van der Waals surface area contributed by atoms with Crippen LogP contribution in [0.1, 0.15) is 16.7 Å². The third-order valence-corrected chi connectivity index (χ3v) is 5.66. The van der Waals surface area contributed by atoms with Crippen molar-refractivity contribution in [2.24, 2.45) is 5.10 Å². The van der Waals surface area contributed by atoms with Crippen LogP contribution in [-0.4, -0.2) is 11.2 Å². The van der Waals surface area contributed by atoms with Gasteiger partial charge in [0.15, 0.2) is 0 Å². The number of hydrazone groups is 1. The lowest BCUT2D eigenvalue weighted by Gasteiger charge is -2.12. The van der Waals surface area contributed by atoms with Crippen LogP contribution in [-0.2, 0) is 12.8 Å². The van der Waals surface area contributed by atoms with Crippen molar-refractivity contribution in [2.45, 2.75) is 12.8 Å². The topological polar surface area (TPSA) is 46.5 Å². The molecular formula is C20H12Br2Cl2F3N3O. The third-order valence-electron chi connectivity index (χ3n) is 3.89. The summed E-state index contributed by atoms with van der Waals surface area (Å²) < 4.78 is 44.9. The smallest absolute Gasteiger partial charge is 0.417 e. The molecule has 0 amide bonds. The van der Waals surface area contributed by atoms with Gasteiger partial charge in [0.25, 0.3) is 0 Å². The molecule has 0 unspecified atom stereocenters. The zero-order valence-corrected chi connectivity index (χ0v) is 20.0. The molecule has 0 spiro atoms. The van der Waals surface area contributed by atoms with Gasteiger partial charge < -0.3 is 4.74 Å². The van der Waals surface area contributed by atoms with Crippen LogP contribution in [0.25, 0.3) is 0 Å². The number of alkyl halides is 3. The lowest BCUT2D eigenvalue weighted by Crippen LogP contribution is -2.05. The van der Waals surface area contributed by atoms with E-state index in [4.69, 9.17) is 27.9 Å². The van der Waals surface area contributed by atoms with E-state index in [1.165, 1.54) is 12.3 Å². The van der Waals surface area contributed by atoms with E-state index in [0.29, 0.717) is 30.3 Å². The van der Waals surface area contributed by atoms with Gasteiger partial charge in [0, 0.05) is 21.8 Å². The molecule has 0 saturated carbocycles. The van der Waals surface area contributed by atoms with Crippen LogP contribution in [0.4, 0.5) is 19.0 Å². The van der Waals surface area contributed by atoms with Crippen molar-refractivity contribution < 1.29 is 17.9 Å². The second-order valence-corrected chi connectivity index (χ2v) is 8.69. The Kier molecular flexibility index (Phi) is 7.85. The minimum atomic E-state index is -4.43. The lowest BCUT2D eigenvalue weighted by molar-refractivity contribution is -0.137. The number of hydrogen-bond donors (Lipinski definition) is 1. The molecule has 11 heteroatoms. The first-order valence-corrected chi connectivity index (χ1v) is 10.9. The van der Waals surface area contributed by atoms with Gasteiger partial charge in [-0.25, -0.2) is 4.98 Å². The zero-order valence-electron chi connectivity index (χ0n) is 15.4. The van der Waals surface area contributed by atoms with E-state index in [9.17, 15) is 13.2 Å². The molecule has 0 aliphatic carbocycles. The Bertz CT molecular complexity index is 1090. The standard InChI is InChI=1S/C20H12Br2Cl2F3N3O/c21-15-5-11(8-29-30-18-4-2-13(9-28-18)20(25,26)27)6-16(22)19(15)31-10-12-1-3-14(23)7-17(12)24/h1-9H,10H2,(H,28,30)/b29-8-. The second kappa shape index (κ2) is 10.2. The maximum absolute atomic E-state index is 12.6. The van der Waals surface area contributed by atoms with E-state index in [0.717, 1.165) is 17.8 Å². The highest BCUT2D eigenvalue weighted by atomic mass is 79.9. The summed E-state index contributed by atoms with van der Waals surface area (Å²) in [6.45, 7) is 0.238. The summed E-state index contributed by atoms with van der Waals surface area (Å²) in [6, 6.07) is 10.8. The lowest BCUT2D eigenvalue weighted by atomic mass is 10.2. The van der Waals surface area contributed by atoms with E-state index < -0.39 is 11.7 Å². The first kappa shape index (κ1) is 23.8. The molecule has 0 fully saturated rings. The SMILES string of the molecule is FC(F)(F)c1ccc(N/N=C\c2cc(Br)c(OCc3ccc(Cl)cc3Cl)c(Br)c2)nc1. The van der Waals surface area contributed by atoms with Crippen molar-refractivity contribution in [1.82, 2.24) is 4.98 Å². The quantitative estimate of drug-likeness (QED) is 0.232. The highest BCUT2D eigenvalue weighted by molar-refractivity contribution is 9.11. The molecule has 31 heavy (non-hydrogen) atoms. The molecule has 1 heterocycles. The fourth-order valence-corrected chi connectivity index (χ4v) is 4.30. The number of rotatable bonds is 6. The molecular weight excluding hydrogens is 586 g/mol. The monoisotopic (exact) mass is 595 g/mol. The molecule has 3 aromatic rings. The molecule has 0 aliphatic rings. The summed E-state index contributed by atoms with van der Waals surface area (Å²) >= 11 is 19.0. The number of hydrogen-bond acceptors (Lipinski definition) is 4. The van der Waals surface area contributed by atoms with Crippen LogP contribution >= 0.6 is 55.1 Å². The largest absolute Gasteiger partial charge is 0.486 e. The number of nitrogens with one attached hydrogen (secondary N) is 1. The van der Waals surface area contributed by atoms with Gasteiger partial charge in [0.05, 0.1) is 20.7 Å². The average molecular weight is 598 g/mol. The predicted octanol–water partition coefficient (Wildman–Crippen LogP) is 7.96. The Morgan fingerprint density at radius 3 is 2.35 bits per heavy atom. The van der Waals surface area contributed by atoms with Crippen LogP contribution in [0.5, 0.6) is 5.75 Å². The van der Waals surface area contributed by atoms with Crippen LogP contribution in [0.2, 0.25) is 10.0 Å². The summed E-state index contributed by atoms with van der Waals surface area (Å²) in [6.07, 6.45) is -2.20. The minimum absolute atomic E-state index is 0.183. The summed E-state index contributed by atoms with van der Waals surface area (Å²) in [5.74, 6) is 0.753. The molecule has 0 aliphatic heterocycles. The number of ether oxygens (including phenoxy) is 1. The van der Waals surface area contributed by atoms with Gasteiger partial charge >= 0.3 is 6.18 Å². The van der Waals surface area contributed by atoms with Crippen LogP contribution in [0, 0.1) is 0 Å². The molecule has 0 bridgehead atoms. The van der Waals surface area contributed by atoms with E-state index >= 15 is 0 Å². The number of benzene rings is 2. The molecule has 2 aromatic carbocycles. The molecule has 162 valence electrons. The summed E-state index contributed by atoms with van der Waals surface area (Å²) in [7, 11) is 0. The molecule has 0 radical (unpaired) electrons. The second-order valence-electron chi connectivity index (χ2n) is 6.14. The number of aromatic nitrogens is 1. The third kappa shape index (κ3) is 6.58. The van der Waals surface area contributed by atoms with Crippen LogP contribution in [0.3, 0.4) is 0 Å². The van der Waals surface area contributed by atoms with Crippen molar-refractivity contribution in [3.8, 4) is 5.75 Å². The van der Waals surface area contributed by atoms with Crippen molar-refractivity contribution in [2.75, 3.05) is 5.43 Å². The van der Waals surface area contributed by atoms with Crippen LogP contribution in [0.15, 0.2) is 62.7 Å². The number of pyridine rings is 1. The van der Waals surface area contributed by atoms with Crippen LogP contribution < -0.4 is 10.2 Å². The summed E-state index contributed by atoms with van der Waals surface area (Å²) in [4.78, 5) is 3.69. The van der Waals surface area contributed by atoms with Gasteiger partial charge in [-0.1, -0.05) is 29.3 Å². The fourth-order valence-electron chi connectivity index (χ4n) is 2.38. The zero-order chi connectivity index (χ0) is 22.6.